The van der Waals surface area contributed by atoms with E-state index in [1.54, 1.807) is 7.11 Å². The van der Waals surface area contributed by atoms with Crippen molar-refractivity contribution >= 4 is 11.6 Å². The Morgan fingerprint density at radius 3 is 2.83 bits per heavy atom. The van der Waals surface area contributed by atoms with Crippen LogP contribution in [0.2, 0.25) is 0 Å². The van der Waals surface area contributed by atoms with Crippen molar-refractivity contribution in [2.24, 2.45) is 5.73 Å². The summed E-state index contributed by atoms with van der Waals surface area (Å²) in [6.45, 7) is 4.12. The number of carbonyl (C=O) groups is 1. The SMILES string of the molecule is COCC(N)C(=O)N1CCN(Cc2cn3ccccc3n2)CC1. The van der Waals surface area contributed by atoms with Gasteiger partial charge in [-0.25, -0.2) is 4.98 Å². The van der Waals surface area contributed by atoms with Gasteiger partial charge in [-0.1, -0.05) is 6.07 Å². The maximum atomic E-state index is 12.2. The molecular formula is C16H23N5O2. The third kappa shape index (κ3) is 3.69. The second-order valence-corrected chi connectivity index (χ2v) is 5.86. The number of methoxy groups -OCH3 is 1. The normalized spacial score (nSPS) is 17.6. The Morgan fingerprint density at radius 2 is 2.13 bits per heavy atom. The van der Waals surface area contributed by atoms with Gasteiger partial charge in [-0.2, -0.15) is 0 Å². The molecule has 2 aromatic heterocycles. The molecule has 0 spiro atoms. The second kappa shape index (κ2) is 7.08. The highest BCUT2D eigenvalue weighted by atomic mass is 16.5. The van der Waals surface area contributed by atoms with Gasteiger partial charge < -0.3 is 19.8 Å². The van der Waals surface area contributed by atoms with E-state index >= 15 is 0 Å². The molecule has 23 heavy (non-hydrogen) atoms. The third-order valence-electron chi connectivity index (χ3n) is 4.15. The van der Waals surface area contributed by atoms with Crippen molar-refractivity contribution in [1.82, 2.24) is 19.2 Å². The number of hydrogen-bond donors (Lipinski definition) is 1. The Kier molecular flexibility index (Phi) is 4.90. The molecule has 1 amide bonds. The molecule has 3 rings (SSSR count). The minimum atomic E-state index is -0.565. The Balaban J connectivity index is 1.53. The van der Waals surface area contributed by atoms with Crippen molar-refractivity contribution in [2.75, 3.05) is 39.9 Å². The van der Waals surface area contributed by atoms with Crippen LogP contribution in [0.1, 0.15) is 5.69 Å². The highest BCUT2D eigenvalue weighted by Crippen LogP contribution is 2.10. The zero-order chi connectivity index (χ0) is 16.2. The molecule has 0 saturated carbocycles. The molecule has 1 aliphatic heterocycles. The average molecular weight is 317 g/mol. The third-order valence-corrected chi connectivity index (χ3v) is 4.15. The lowest BCUT2D eigenvalue weighted by Gasteiger charge is -2.35. The Hall–Kier alpha value is -1.96. The highest BCUT2D eigenvalue weighted by Gasteiger charge is 2.25. The predicted molar refractivity (Wildman–Crippen MR) is 86.9 cm³/mol. The molecule has 2 N–H and O–H groups in total. The number of nitrogens with zero attached hydrogens (tertiary/aromatic N) is 4. The summed E-state index contributed by atoms with van der Waals surface area (Å²) in [6.07, 6.45) is 4.06. The van der Waals surface area contributed by atoms with Crippen LogP contribution in [0.4, 0.5) is 0 Å². The molecule has 1 atom stereocenters. The number of hydrogen-bond acceptors (Lipinski definition) is 5. The first-order valence-corrected chi connectivity index (χ1v) is 7.85. The lowest BCUT2D eigenvalue weighted by atomic mass is 10.2. The van der Waals surface area contributed by atoms with Gasteiger partial charge in [0.1, 0.15) is 11.7 Å². The molecule has 1 saturated heterocycles. The molecule has 1 aliphatic rings. The fourth-order valence-corrected chi connectivity index (χ4v) is 2.90. The molecule has 0 aromatic carbocycles. The van der Waals surface area contributed by atoms with Crippen LogP contribution < -0.4 is 5.73 Å². The predicted octanol–water partition coefficient (Wildman–Crippen LogP) is -0.0478. The number of aromatic nitrogens is 2. The summed E-state index contributed by atoms with van der Waals surface area (Å²) in [5, 5.41) is 0. The van der Waals surface area contributed by atoms with Gasteiger partial charge in [-0.3, -0.25) is 9.69 Å². The molecular weight excluding hydrogens is 294 g/mol. The first kappa shape index (κ1) is 15.9. The van der Waals surface area contributed by atoms with E-state index in [1.165, 1.54) is 0 Å². The lowest BCUT2D eigenvalue weighted by Crippen LogP contribution is -2.53. The smallest absolute Gasteiger partial charge is 0.241 e. The fraction of sp³-hybridized carbons (Fsp3) is 0.500. The van der Waals surface area contributed by atoms with Crippen LogP contribution in [0.5, 0.6) is 0 Å². The largest absolute Gasteiger partial charge is 0.383 e. The number of nitrogens with two attached hydrogens (primary N) is 1. The van der Waals surface area contributed by atoms with Gasteiger partial charge >= 0.3 is 0 Å². The van der Waals surface area contributed by atoms with E-state index in [4.69, 9.17) is 10.5 Å². The van der Waals surface area contributed by atoms with Crippen LogP contribution in [-0.2, 0) is 16.1 Å². The Morgan fingerprint density at radius 1 is 1.35 bits per heavy atom. The summed E-state index contributed by atoms with van der Waals surface area (Å²) in [4.78, 5) is 20.9. The van der Waals surface area contributed by atoms with Crippen LogP contribution >= 0.6 is 0 Å². The lowest BCUT2D eigenvalue weighted by molar-refractivity contribution is -0.135. The van der Waals surface area contributed by atoms with E-state index in [0.717, 1.165) is 31.0 Å². The van der Waals surface area contributed by atoms with E-state index in [1.807, 2.05) is 33.7 Å². The van der Waals surface area contributed by atoms with Crippen molar-refractivity contribution < 1.29 is 9.53 Å². The molecule has 0 radical (unpaired) electrons. The summed E-state index contributed by atoms with van der Waals surface area (Å²) < 4.78 is 6.98. The first-order valence-electron chi connectivity index (χ1n) is 7.85. The summed E-state index contributed by atoms with van der Waals surface area (Å²) in [5.41, 5.74) is 7.83. The van der Waals surface area contributed by atoms with Gasteiger partial charge in [0.15, 0.2) is 0 Å². The number of carbonyl (C=O) groups excluding carboxylic acids is 1. The number of pyridine rings is 1. The molecule has 0 aliphatic carbocycles. The number of piperazine rings is 1. The van der Waals surface area contributed by atoms with E-state index in [9.17, 15) is 4.79 Å². The molecule has 7 heteroatoms. The number of fused-ring (bicyclic) bond motifs is 1. The maximum Gasteiger partial charge on any atom is 0.241 e. The van der Waals surface area contributed by atoms with Gasteiger partial charge in [-0.05, 0) is 12.1 Å². The van der Waals surface area contributed by atoms with Crippen molar-refractivity contribution in [1.29, 1.82) is 0 Å². The standard InChI is InChI=1S/C16H23N5O2/c1-23-12-14(17)16(22)20-8-6-19(7-9-20)10-13-11-21-5-3-2-4-15(21)18-13/h2-5,11,14H,6-10,12,17H2,1H3. The van der Waals surface area contributed by atoms with E-state index < -0.39 is 6.04 Å². The van der Waals surface area contributed by atoms with Gasteiger partial charge in [0.05, 0.1) is 12.3 Å². The van der Waals surface area contributed by atoms with Crippen LogP contribution in [0.25, 0.3) is 5.65 Å². The molecule has 1 unspecified atom stereocenters. The molecule has 0 bridgehead atoms. The molecule has 7 nitrogen and oxygen atoms in total. The van der Waals surface area contributed by atoms with E-state index in [2.05, 4.69) is 16.1 Å². The summed E-state index contributed by atoms with van der Waals surface area (Å²) in [6, 6.07) is 5.41. The van der Waals surface area contributed by atoms with E-state index in [-0.39, 0.29) is 12.5 Å². The van der Waals surface area contributed by atoms with Crippen LogP contribution in [0.15, 0.2) is 30.6 Å². The van der Waals surface area contributed by atoms with E-state index in [0.29, 0.717) is 13.1 Å². The number of rotatable bonds is 5. The van der Waals surface area contributed by atoms with Crippen molar-refractivity contribution in [2.45, 2.75) is 12.6 Å². The first-order chi connectivity index (χ1) is 11.2. The van der Waals surface area contributed by atoms with Crippen molar-refractivity contribution in [3.8, 4) is 0 Å². The number of amides is 1. The molecule has 124 valence electrons. The highest BCUT2D eigenvalue weighted by molar-refractivity contribution is 5.81. The van der Waals surface area contributed by atoms with Crippen molar-refractivity contribution in [3.05, 3.63) is 36.3 Å². The van der Waals surface area contributed by atoms with Gasteiger partial charge in [0, 0.05) is 52.2 Å². The maximum absolute atomic E-state index is 12.2. The van der Waals surface area contributed by atoms with Crippen molar-refractivity contribution in [3.63, 3.8) is 0 Å². The Bertz CT molecular complexity index is 630. The van der Waals surface area contributed by atoms with Crippen LogP contribution in [-0.4, -0.2) is 71.0 Å². The fourth-order valence-electron chi connectivity index (χ4n) is 2.90. The van der Waals surface area contributed by atoms with Gasteiger partial charge in [0.25, 0.3) is 0 Å². The number of ether oxygens (including phenoxy) is 1. The molecule has 3 heterocycles. The molecule has 1 fully saturated rings. The topological polar surface area (TPSA) is 76.1 Å². The van der Waals surface area contributed by atoms with Crippen LogP contribution in [0.3, 0.4) is 0 Å². The van der Waals surface area contributed by atoms with Gasteiger partial charge in [-0.15, -0.1) is 0 Å². The van der Waals surface area contributed by atoms with Gasteiger partial charge in [0.2, 0.25) is 5.91 Å². The molecule has 2 aromatic rings. The summed E-state index contributed by atoms with van der Waals surface area (Å²) in [7, 11) is 1.56. The Labute approximate surface area is 135 Å². The minimum absolute atomic E-state index is 0.0285. The zero-order valence-electron chi connectivity index (χ0n) is 13.4. The number of imidazole rings is 1. The monoisotopic (exact) mass is 317 g/mol. The summed E-state index contributed by atoms with van der Waals surface area (Å²) >= 11 is 0. The van der Waals surface area contributed by atoms with Crippen LogP contribution in [0, 0.1) is 0 Å². The quantitative estimate of drug-likeness (QED) is 0.837. The zero-order valence-corrected chi connectivity index (χ0v) is 13.4. The average Bonchev–Trinajstić information content (AvgIpc) is 2.97. The second-order valence-electron chi connectivity index (χ2n) is 5.86. The summed E-state index contributed by atoms with van der Waals surface area (Å²) in [5.74, 6) is -0.0285. The minimum Gasteiger partial charge on any atom is -0.383 e.